The maximum atomic E-state index is 13.3. The molecule has 36 heavy (non-hydrogen) atoms. The smallest absolute Gasteiger partial charge is 0.416 e. The Kier molecular flexibility index (Phi) is 6.82. The zero-order valence-electron chi connectivity index (χ0n) is 20.1. The first-order valence-electron chi connectivity index (χ1n) is 11.0. The van der Waals surface area contributed by atoms with Gasteiger partial charge >= 0.3 is 6.18 Å². The van der Waals surface area contributed by atoms with Gasteiger partial charge in [-0.3, -0.25) is 0 Å². The van der Waals surface area contributed by atoms with E-state index in [1.165, 1.54) is 31.1 Å². The molecular weight excluding hydrogens is 481 g/mol. The Balaban J connectivity index is 1.88. The van der Waals surface area contributed by atoms with E-state index in [0.717, 1.165) is 12.1 Å². The average molecular weight is 509 g/mol. The minimum absolute atomic E-state index is 0.00980. The highest BCUT2D eigenvalue weighted by Crippen LogP contribution is 2.47. The van der Waals surface area contributed by atoms with Crippen molar-refractivity contribution >= 4 is 11.4 Å². The van der Waals surface area contributed by atoms with Crippen molar-refractivity contribution in [2.75, 3.05) is 24.9 Å². The number of hydrogen-bond donors (Lipinski definition) is 2. The quantitative estimate of drug-likeness (QED) is 0.367. The first-order valence-corrected chi connectivity index (χ1v) is 11.0. The van der Waals surface area contributed by atoms with Gasteiger partial charge in [-0.1, -0.05) is 0 Å². The number of methoxy groups -OCH3 is 2. The number of nitrogen functional groups attached to an aromatic ring is 1. The first kappa shape index (κ1) is 25.7. The minimum atomic E-state index is -4.50. The van der Waals surface area contributed by atoms with Crippen molar-refractivity contribution in [1.82, 2.24) is 20.2 Å². The van der Waals surface area contributed by atoms with Crippen molar-refractivity contribution in [2.24, 2.45) is 7.05 Å². The molecule has 0 amide bonds. The number of aliphatic hydroxyl groups is 1. The normalized spacial score (nSPS) is 21.8. The summed E-state index contributed by atoms with van der Waals surface area (Å²) in [4.78, 5) is 2.95. The molecule has 1 aliphatic heterocycles. The number of tetrazole rings is 1. The van der Waals surface area contributed by atoms with E-state index in [1.807, 2.05) is 0 Å². The van der Waals surface area contributed by atoms with Crippen LogP contribution in [0.3, 0.4) is 0 Å². The fraction of sp³-hybridized carbons (Fsp3) is 0.435. The van der Waals surface area contributed by atoms with Gasteiger partial charge in [-0.15, -0.1) is 10.2 Å². The summed E-state index contributed by atoms with van der Waals surface area (Å²) in [5.74, 6) is 0.698. The molecule has 2 aromatic carbocycles. The Hall–Kier alpha value is -3.42. The standard InChI is InChI=1S/C23H27F3N6O4/c1-22(21(34-3)35-4)20(33)19(16-11-14(27)7-10-17(16)36-22)32(12-18-28-30-31(2)29-18)15-8-5-13(6-9-15)23(24,25)26/h5-11,19-21,33H,12,27H2,1-4H3/t19-,20+,22+/m1/s1. The molecule has 0 bridgehead atoms. The van der Waals surface area contributed by atoms with Crippen LogP contribution in [0.15, 0.2) is 42.5 Å². The van der Waals surface area contributed by atoms with Crippen LogP contribution < -0.4 is 15.4 Å². The van der Waals surface area contributed by atoms with Gasteiger partial charge in [0.2, 0.25) is 0 Å². The van der Waals surface area contributed by atoms with Gasteiger partial charge in [0.15, 0.2) is 17.7 Å². The van der Waals surface area contributed by atoms with Crippen LogP contribution >= 0.6 is 0 Å². The number of aryl methyl sites for hydroxylation is 1. The highest BCUT2D eigenvalue weighted by molar-refractivity contribution is 5.57. The maximum Gasteiger partial charge on any atom is 0.416 e. The third-order valence-electron chi connectivity index (χ3n) is 6.19. The number of hydrogen-bond acceptors (Lipinski definition) is 9. The summed E-state index contributed by atoms with van der Waals surface area (Å²) >= 11 is 0. The molecule has 13 heteroatoms. The molecule has 0 saturated heterocycles. The first-order chi connectivity index (χ1) is 17.0. The van der Waals surface area contributed by atoms with Crippen molar-refractivity contribution in [3.8, 4) is 5.75 Å². The SMILES string of the molecule is COC(OC)[C@@]1(C)Oc2ccc(N)cc2[C@@H](N(Cc2nnn(C)n2)c2ccc(C(F)(F)F)cc2)[C@@H]1O. The van der Waals surface area contributed by atoms with Gasteiger partial charge in [0.1, 0.15) is 11.9 Å². The van der Waals surface area contributed by atoms with E-state index in [4.69, 9.17) is 19.9 Å². The molecule has 194 valence electrons. The number of aromatic nitrogens is 4. The van der Waals surface area contributed by atoms with E-state index in [1.54, 1.807) is 37.1 Å². The Labute approximate surface area is 205 Å². The van der Waals surface area contributed by atoms with Crippen LogP contribution in [0.25, 0.3) is 0 Å². The summed E-state index contributed by atoms with van der Waals surface area (Å²) in [5.41, 5.74) is 5.17. The predicted molar refractivity (Wildman–Crippen MR) is 123 cm³/mol. The summed E-state index contributed by atoms with van der Waals surface area (Å²) in [5, 5.41) is 23.8. The Morgan fingerprint density at radius 2 is 1.86 bits per heavy atom. The van der Waals surface area contributed by atoms with Crippen LogP contribution in [-0.4, -0.2) is 57.5 Å². The van der Waals surface area contributed by atoms with Gasteiger partial charge < -0.3 is 30.0 Å². The number of ether oxygens (including phenoxy) is 3. The number of aliphatic hydroxyl groups excluding tert-OH is 1. The van der Waals surface area contributed by atoms with Crippen LogP contribution in [0.4, 0.5) is 24.5 Å². The predicted octanol–water partition coefficient (Wildman–Crippen LogP) is 2.69. The topological polar surface area (TPSA) is 121 Å². The molecule has 0 fully saturated rings. The van der Waals surface area contributed by atoms with Gasteiger partial charge in [0, 0.05) is 31.2 Å². The van der Waals surface area contributed by atoms with Gasteiger partial charge in [-0.25, -0.2) is 0 Å². The van der Waals surface area contributed by atoms with E-state index >= 15 is 0 Å². The fourth-order valence-corrected chi connectivity index (χ4v) is 4.49. The van der Waals surface area contributed by atoms with Crippen molar-refractivity contribution in [3.05, 3.63) is 59.4 Å². The highest BCUT2D eigenvalue weighted by atomic mass is 19.4. The second-order valence-corrected chi connectivity index (χ2v) is 8.64. The Morgan fingerprint density at radius 1 is 1.19 bits per heavy atom. The lowest BCUT2D eigenvalue weighted by Crippen LogP contribution is -2.62. The molecule has 0 unspecified atom stereocenters. The van der Waals surface area contributed by atoms with Crippen LogP contribution in [0, 0.1) is 0 Å². The largest absolute Gasteiger partial charge is 0.479 e. The number of rotatable bonds is 7. The zero-order valence-corrected chi connectivity index (χ0v) is 20.1. The lowest BCUT2D eigenvalue weighted by Gasteiger charge is -2.49. The third-order valence-corrected chi connectivity index (χ3v) is 6.19. The molecule has 0 radical (unpaired) electrons. The van der Waals surface area contributed by atoms with E-state index in [-0.39, 0.29) is 6.54 Å². The van der Waals surface area contributed by atoms with Gasteiger partial charge in [0.05, 0.1) is 25.2 Å². The van der Waals surface area contributed by atoms with Crippen molar-refractivity contribution < 1.29 is 32.5 Å². The second-order valence-electron chi connectivity index (χ2n) is 8.64. The number of fused-ring (bicyclic) bond motifs is 1. The minimum Gasteiger partial charge on any atom is -0.479 e. The van der Waals surface area contributed by atoms with E-state index < -0.39 is 35.8 Å². The summed E-state index contributed by atoms with van der Waals surface area (Å²) in [7, 11) is 4.43. The third kappa shape index (κ3) is 4.68. The zero-order chi connectivity index (χ0) is 26.3. The number of alkyl halides is 3. The highest BCUT2D eigenvalue weighted by Gasteiger charge is 2.54. The summed E-state index contributed by atoms with van der Waals surface area (Å²) < 4.78 is 56.8. The van der Waals surface area contributed by atoms with Crippen LogP contribution in [0.1, 0.15) is 29.9 Å². The van der Waals surface area contributed by atoms with E-state index in [9.17, 15) is 18.3 Å². The van der Waals surface area contributed by atoms with E-state index in [2.05, 4.69) is 15.4 Å². The number of anilines is 2. The monoisotopic (exact) mass is 508 g/mol. The molecule has 0 spiro atoms. The molecule has 1 aliphatic rings. The summed E-state index contributed by atoms with van der Waals surface area (Å²) in [6.45, 7) is 1.64. The number of halogens is 3. The second kappa shape index (κ2) is 9.56. The van der Waals surface area contributed by atoms with Gasteiger partial charge in [-0.05, 0) is 54.6 Å². The number of benzene rings is 2. The Bertz CT molecular complexity index is 1200. The van der Waals surface area contributed by atoms with Gasteiger partial charge in [0.25, 0.3) is 0 Å². The van der Waals surface area contributed by atoms with Crippen LogP contribution in [0.5, 0.6) is 5.75 Å². The molecule has 0 saturated carbocycles. The van der Waals surface area contributed by atoms with E-state index in [0.29, 0.717) is 28.5 Å². The lowest BCUT2D eigenvalue weighted by molar-refractivity contribution is -0.237. The van der Waals surface area contributed by atoms with Crippen LogP contribution in [-0.2, 0) is 29.2 Å². The number of nitrogens with two attached hydrogens (primary N) is 1. The van der Waals surface area contributed by atoms with Crippen molar-refractivity contribution in [3.63, 3.8) is 0 Å². The van der Waals surface area contributed by atoms with Crippen molar-refractivity contribution in [1.29, 1.82) is 0 Å². The lowest BCUT2D eigenvalue weighted by atomic mass is 9.83. The molecule has 2 heterocycles. The molecule has 1 aromatic heterocycles. The Morgan fingerprint density at radius 3 is 2.42 bits per heavy atom. The van der Waals surface area contributed by atoms with Crippen LogP contribution in [0.2, 0.25) is 0 Å². The molecular formula is C23H27F3N6O4. The molecule has 3 atom stereocenters. The number of nitrogens with zero attached hydrogens (tertiary/aromatic N) is 5. The molecule has 10 nitrogen and oxygen atoms in total. The molecule has 3 aromatic rings. The average Bonchev–Trinajstić information content (AvgIpc) is 3.24. The molecule has 0 aliphatic carbocycles. The fourth-order valence-electron chi connectivity index (χ4n) is 4.49. The van der Waals surface area contributed by atoms with Gasteiger partial charge in [-0.2, -0.15) is 18.0 Å². The van der Waals surface area contributed by atoms with Crippen molar-refractivity contribution in [2.45, 2.75) is 43.7 Å². The molecule has 4 rings (SSSR count). The maximum absolute atomic E-state index is 13.3. The summed E-state index contributed by atoms with van der Waals surface area (Å²) in [6, 6.07) is 8.71. The molecule has 3 N–H and O–H groups in total. The summed E-state index contributed by atoms with van der Waals surface area (Å²) in [6.07, 6.45) is -6.78.